The van der Waals surface area contributed by atoms with Crippen LogP contribution in [-0.4, -0.2) is 61.1 Å². The third kappa shape index (κ3) is 6.00. The third-order valence-electron chi connectivity index (χ3n) is 6.29. The molecule has 182 valence electrons. The Labute approximate surface area is 206 Å². The topological polar surface area (TPSA) is 73.9 Å². The van der Waals surface area contributed by atoms with Gasteiger partial charge in [0, 0.05) is 26.2 Å². The summed E-state index contributed by atoms with van der Waals surface area (Å²) in [5.74, 6) is 0.472. The summed E-state index contributed by atoms with van der Waals surface area (Å²) in [5.41, 5.74) is 3.02. The quantitative estimate of drug-likeness (QED) is 0.542. The summed E-state index contributed by atoms with van der Waals surface area (Å²) in [7, 11) is 1.55. The van der Waals surface area contributed by atoms with E-state index in [2.05, 4.69) is 64.1 Å². The Morgan fingerprint density at radius 2 is 1.34 bits per heavy atom. The molecular formula is C28H32N4O3. The second-order valence-electron chi connectivity index (χ2n) is 8.61. The fourth-order valence-electron chi connectivity index (χ4n) is 4.52. The molecule has 1 aliphatic rings. The Balaban J connectivity index is 1.35. The number of anilines is 1. The molecule has 1 atom stereocenters. The van der Waals surface area contributed by atoms with Crippen LogP contribution in [0.25, 0.3) is 0 Å². The lowest BCUT2D eigenvalue weighted by Crippen LogP contribution is -2.55. The van der Waals surface area contributed by atoms with E-state index >= 15 is 0 Å². The number of ether oxygens (including phenoxy) is 1. The SMILES string of the molecule is COc1ccccc1NC(=O)NC(C)C(=O)N1CCN(C(c2ccccc2)c2ccccc2)CC1. The van der Waals surface area contributed by atoms with E-state index in [1.54, 1.807) is 26.2 Å². The number of nitrogens with zero attached hydrogens (tertiary/aromatic N) is 2. The van der Waals surface area contributed by atoms with Gasteiger partial charge in [0.05, 0.1) is 18.8 Å². The Kier molecular flexibility index (Phi) is 8.00. The van der Waals surface area contributed by atoms with Crippen molar-refractivity contribution in [3.05, 3.63) is 96.1 Å². The third-order valence-corrected chi connectivity index (χ3v) is 6.29. The maximum Gasteiger partial charge on any atom is 0.319 e. The highest BCUT2D eigenvalue weighted by atomic mass is 16.5. The first-order chi connectivity index (χ1) is 17.1. The average Bonchev–Trinajstić information content (AvgIpc) is 2.90. The van der Waals surface area contributed by atoms with Crippen LogP contribution in [0.2, 0.25) is 0 Å². The number of nitrogens with one attached hydrogen (secondary N) is 2. The average molecular weight is 473 g/mol. The van der Waals surface area contributed by atoms with Crippen LogP contribution in [0.1, 0.15) is 24.1 Å². The van der Waals surface area contributed by atoms with E-state index in [4.69, 9.17) is 4.74 Å². The monoisotopic (exact) mass is 472 g/mol. The Morgan fingerprint density at radius 3 is 1.91 bits per heavy atom. The van der Waals surface area contributed by atoms with Gasteiger partial charge < -0.3 is 20.3 Å². The van der Waals surface area contributed by atoms with Crippen molar-refractivity contribution in [2.75, 3.05) is 38.6 Å². The van der Waals surface area contributed by atoms with Crippen molar-refractivity contribution in [3.63, 3.8) is 0 Å². The molecular weight excluding hydrogens is 440 g/mol. The van der Waals surface area contributed by atoms with Gasteiger partial charge in [-0.1, -0.05) is 72.8 Å². The Bertz CT molecular complexity index is 1080. The van der Waals surface area contributed by atoms with Crippen LogP contribution >= 0.6 is 0 Å². The van der Waals surface area contributed by atoms with Gasteiger partial charge in [-0.25, -0.2) is 4.79 Å². The number of carbonyl (C=O) groups excluding carboxylic acids is 2. The number of carbonyl (C=O) groups is 2. The van der Waals surface area contributed by atoms with Crippen LogP contribution in [0.3, 0.4) is 0 Å². The summed E-state index contributed by atoms with van der Waals surface area (Å²) in [6.07, 6.45) is 0. The summed E-state index contributed by atoms with van der Waals surface area (Å²) in [5, 5.41) is 5.51. The number of para-hydroxylation sites is 2. The van der Waals surface area contributed by atoms with Gasteiger partial charge in [-0.05, 0) is 30.2 Å². The molecule has 0 saturated carbocycles. The van der Waals surface area contributed by atoms with Crippen LogP contribution < -0.4 is 15.4 Å². The lowest BCUT2D eigenvalue weighted by atomic mass is 9.96. The number of methoxy groups -OCH3 is 1. The first kappa shape index (κ1) is 24.3. The summed E-state index contributed by atoms with van der Waals surface area (Å²) < 4.78 is 5.26. The minimum atomic E-state index is -0.643. The highest BCUT2D eigenvalue weighted by molar-refractivity contribution is 5.94. The molecule has 0 radical (unpaired) electrons. The zero-order valence-electron chi connectivity index (χ0n) is 20.2. The molecule has 7 heteroatoms. The standard InChI is InChI=1S/C28H32N4O3/c1-21(29-28(34)30-24-15-9-10-16-25(24)35-2)27(33)32-19-17-31(18-20-32)26(22-11-5-3-6-12-22)23-13-7-4-8-14-23/h3-16,21,26H,17-20H2,1-2H3,(H2,29,30,34). The molecule has 2 N–H and O–H groups in total. The van der Waals surface area contributed by atoms with Crippen molar-refractivity contribution in [2.24, 2.45) is 0 Å². The normalized spacial score (nSPS) is 14.9. The van der Waals surface area contributed by atoms with Crippen molar-refractivity contribution >= 4 is 17.6 Å². The van der Waals surface area contributed by atoms with Crippen LogP contribution in [-0.2, 0) is 4.79 Å². The number of amides is 3. The molecule has 3 aromatic rings. The van der Waals surface area contributed by atoms with Gasteiger partial charge >= 0.3 is 6.03 Å². The van der Waals surface area contributed by atoms with E-state index in [0.717, 1.165) is 13.1 Å². The largest absolute Gasteiger partial charge is 0.495 e. The van der Waals surface area contributed by atoms with Crippen LogP contribution in [0.5, 0.6) is 5.75 Å². The smallest absolute Gasteiger partial charge is 0.319 e. The van der Waals surface area contributed by atoms with Crippen LogP contribution in [0.15, 0.2) is 84.9 Å². The Morgan fingerprint density at radius 1 is 0.800 bits per heavy atom. The molecule has 3 aromatic carbocycles. The minimum absolute atomic E-state index is 0.0872. The lowest BCUT2D eigenvalue weighted by Gasteiger charge is -2.40. The summed E-state index contributed by atoms with van der Waals surface area (Å²) in [6, 6.07) is 27.1. The molecule has 1 fully saturated rings. The van der Waals surface area contributed by atoms with E-state index in [1.807, 2.05) is 29.2 Å². The van der Waals surface area contributed by atoms with Gasteiger partial charge in [-0.3, -0.25) is 9.69 Å². The molecule has 1 unspecified atom stereocenters. The molecule has 0 spiro atoms. The van der Waals surface area contributed by atoms with Gasteiger partial charge in [0.25, 0.3) is 0 Å². The van der Waals surface area contributed by atoms with E-state index in [-0.39, 0.29) is 11.9 Å². The maximum atomic E-state index is 13.1. The van der Waals surface area contributed by atoms with E-state index in [9.17, 15) is 9.59 Å². The summed E-state index contributed by atoms with van der Waals surface area (Å²) in [4.78, 5) is 29.8. The second kappa shape index (κ2) is 11.5. The highest BCUT2D eigenvalue weighted by Crippen LogP contribution is 2.29. The number of hydrogen-bond donors (Lipinski definition) is 2. The highest BCUT2D eigenvalue weighted by Gasteiger charge is 2.30. The van der Waals surface area contributed by atoms with Crippen molar-refractivity contribution in [1.29, 1.82) is 0 Å². The molecule has 4 rings (SSSR count). The number of benzene rings is 3. The fourth-order valence-corrected chi connectivity index (χ4v) is 4.52. The molecule has 0 bridgehead atoms. The molecule has 0 aromatic heterocycles. The molecule has 1 saturated heterocycles. The number of urea groups is 1. The molecule has 0 aliphatic carbocycles. The molecule has 7 nitrogen and oxygen atoms in total. The van der Waals surface area contributed by atoms with Crippen LogP contribution in [0.4, 0.5) is 10.5 Å². The zero-order chi connectivity index (χ0) is 24.6. The van der Waals surface area contributed by atoms with E-state index in [1.165, 1.54) is 11.1 Å². The van der Waals surface area contributed by atoms with Crippen molar-refractivity contribution in [3.8, 4) is 5.75 Å². The number of hydrogen-bond acceptors (Lipinski definition) is 4. The fraction of sp³-hybridized carbons (Fsp3) is 0.286. The summed E-state index contributed by atoms with van der Waals surface area (Å²) in [6.45, 7) is 4.43. The Hall–Kier alpha value is -3.84. The molecule has 35 heavy (non-hydrogen) atoms. The van der Waals surface area contributed by atoms with Gasteiger partial charge in [0.2, 0.25) is 5.91 Å². The van der Waals surface area contributed by atoms with Crippen molar-refractivity contribution in [1.82, 2.24) is 15.1 Å². The van der Waals surface area contributed by atoms with Crippen molar-refractivity contribution in [2.45, 2.75) is 19.0 Å². The van der Waals surface area contributed by atoms with E-state index in [0.29, 0.717) is 24.5 Å². The first-order valence-corrected chi connectivity index (χ1v) is 11.9. The van der Waals surface area contributed by atoms with Crippen molar-refractivity contribution < 1.29 is 14.3 Å². The van der Waals surface area contributed by atoms with Gasteiger partial charge in [0.15, 0.2) is 0 Å². The number of rotatable bonds is 7. The first-order valence-electron chi connectivity index (χ1n) is 11.9. The second-order valence-corrected chi connectivity index (χ2v) is 8.61. The molecule has 1 aliphatic heterocycles. The van der Waals surface area contributed by atoms with E-state index < -0.39 is 12.1 Å². The molecule has 3 amide bonds. The zero-order valence-corrected chi connectivity index (χ0v) is 20.2. The molecule has 1 heterocycles. The number of piperazine rings is 1. The van der Waals surface area contributed by atoms with Crippen LogP contribution in [0, 0.1) is 0 Å². The van der Waals surface area contributed by atoms with Gasteiger partial charge in [-0.2, -0.15) is 0 Å². The predicted molar refractivity (Wildman–Crippen MR) is 137 cm³/mol. The van der Waals surface area contributed by atoms with Gasteiger partial charge in [-0.15, -0.1) is 0 Å². The predicted octanol–water partition coefficient (Wildman–Crippen LogP) is 4.14. The minimum Gasteiger partial charge on any atom is -0.495 e. The van der Waals surface area contributed by atoms with Gasteiger partial charge in [0.1, 0.15) is 11.8 Å². The lowest BCUT2D eigenvalue weighted by molar-refractivity contribution is -0.134. The summed E-state index contributed by atoms with van der Waals surface area (Å²) >= 11 is 0. The maximum absolute atomic E-state index is 13.1.